The van der Waals surface area contributed by atoms with Crippen molar-refractivity contribution < 1.29 is 9.53 Å². The van der Waals surface area contributed by atoms with E-state index in [2.05, 4.69) is 10.3 Å². The van der Waals surface area contributed by atoms with Crippen molar-refractivity contribution in [3.8, 4) is 5.75 Å². The van der Waals surface area contributed by atoms with Crippen LogP contribution in [0.15, 0.2) is 36.7 Å². The van der Waals surface area contributed by atoms with Crippen LogP contribution < -0.4 is 10.1 Å². The van der Waals surface area contributed by atoms with Gasteiger partial charge in [-0.15, -0.1) is 0 Å². The largest absolute Gasteiger partial charge is 0.466 e. The summed E-state index contributed by atoms with van der Waals surface area (Å²) in [5, 5.41) is 4.00. The highest BCUT2D eigenvalue weighted by Crippen LogP contribution is 2.48. The second kappa shape index (κ2) is 5.53. The lowest BCUT2D eigenvalue weighted by atomic mass is 9.90. The first kappa shape index (κ1) is 15.5. The molecule has 1 saturated heterocycles. The first-order valence-corrected chi connectivity index (χ1v) is 8.37. The SMILES string of the molecule is CC12CC(NC(=O)N1Cc1cccnc1)c1cc(Cl)cc(Cl)c1O2. The molecule has 4 rings (SSSR count). The molecule has 3 heterocycles. The highest BCUT2D eigenvalue weighted by atomic mass is 35.5. The molecule has 2 aliphatic rings. The van der Waals surface area contributed by atoms with E-state index in [9.17, 15) is 4.79 Å². The van der Waals surface area contributed by atoms with Crippen LogP contribution in [0.4, 0.5) is 4.79 Å². The minimum absolute atomic E-state index is 0.174. The summed E-state index contributed by atoms with van der Waals surface area (Å²) >= 11 is 12.4. The molecule has 1 aromatic heterocycles. The Morgan fingerprint density at radius 2 is 2.29 bits per heavy atom. The standard InChI is InChI=1S/C17H15Cl2N3O2/c1-17-7-14(12-5-11(18)6-13(19)15(12)24-17)21-16(23)22(17)9-10-3-2-4-20-8-10/h2-6,8,14H,7,9H2,1H3,(H,21,23). The van der Waals surface area contributed by atoms with Crippen molar-refractivity contribution in [1.29, 1.82) is 0 Å². The lowest BCUT2D eigenvalue weighted by Crippen LogP contribution is -2.64. The van der Waals surface area contributed by atoms with Crippen molar-refractivity contribution in [2.24, 2.45) is 0 Å². The smallest absolute Gasteiger partial charge is 0.321 e. The van der Waals surface area contributed by atoms with E-state index < -0.39 is 5.72 Å². The highest BCUT2D eigenvalue weighted by Gasteiger charge is 2.49. The highest BCUT2D eigenvalue weighted by molar-refractivity contribution is 6.35. The molecule has 2 atom stereocenters. The van der Waals surface area contributed by atoms with Crippen molar-refractivity contribution in [1.82, 2.24) is 15.2 Å². The predicted molar refractivity (Wildman–Crippen MR) is 91.2 cm³/mol. The number of nitrogens with zero attached hydrogens (tertiary/aromatic N) is 2. The predicted octanol–water partition coefficient (Wildman–Crippen LogP) is 4.15. The number of fused-ring (bicyclic) bond motifs is 4. The lowest BCUT2D eigenvalue weighted by molar-refractivity contribution is -0.0878. The van der Waals surface area contributed by atoms with Crippen LogP contribution in [0, 0.1) is 0 Å². The van der Waals surface area contributed by atoms with E-state index in [1.165, 1.54) is 0 Å². The number of halogens is 2. The van der Waals surface area contributed by atoms with Gasteiger partial charge in [0.2, 0.25) is 0 Å². The molecule has 0 aliphatic carbocycles. The van der Waals surface area contributed by atoms with Crippen LogP contribution in [0.3, 0.4) is 0 Å². The normalized spacial score (nSPS) is 24.9. The van der Waals surface area contributed by atoms with E-state index in [-0.39, 0.29) is 12.1 Å². The third-order valence-electron chi connectivity index (χ3n) is 4.49. The first-order valence-electron chi connectivity index (χ1n) is 7.61. The van der Waals surface area contributed by atoms with Crippen molar-refractivity contribution >= 4 is 29.2 Å². The molecule has 5 nitrogen and oxygen atoms in total. The Hall–Kier alpha value is -1.98. The molecule has 1 N–H and O–H groups in total. The molecular formula is C17H15Cl2N3O2. The van der Waals surface area contributed by atoms with Crippen LogP contribution >= 0.6 is 23.2 Å². The molecule has 0 saturated carbocycles. The zero-order chi connectivity index (χ0) is 16.9. The van der Waals surface area contributed by atoms with E-state index in [1.54, 1.807) is 29.4 Å². The van der Waals surface area contributed by atoms with Gasteiger partial charge in [0.1, 0.15) is 5.75 Å². The molecule has 2 aromatic rings. The number of aromatic nitrogens is 1. The zero-order valence-electron chi connectivity index (χ0n) is 12.9. The van der Waals surface area contributed by atoms with Crippen LogP contribution in [0.1, 0.15) is 30.5 Å². The molecule has 124 valence electrons. The molecule has 2 unspecified atom stereocenters. The van der Waals surface area contributed by atoms with Gasteiger partial charge in [0.05, 0.1) is 17.6 Å². The van der Waals surface area contributed by atoms with E-state index in [0.717, 1.165) is 11.1 Å². The van der Waals surface area contributed by atoms with Crippen molar-refractivity contribution in [2.45, 2.75) is 31.7 Å². The number of nitrogens with one attached hydrogen (secondary N) is 1. The Balaban J connectivity index is 1.73. The van der Waals surface area contributed by atoms with Gasteiger partial charge in [0, 0.05) is 29.4 Å². The Kier molecular flexibility index (Phi) is 3.58. The lowest BCUT2D eigenvalue weighted by Gasteiger charge is -2.51. The second-order valence-corrected chi connectivity index (χ2v) is 7.08. The van der Waals surface area contributed by atoms with Crippen LogP contribution in [-0.2, 0) is 6.54 Å². The van der Waals surface area contributed by atoms with Gasteiger partial charge in [-0.25, -0.2) is 4.79 Å². The fraction of sp³-hybridized carbons (Fsp3) is 0.294. The van der Waals surface area contributed by atoms with E-state index >= 15 is 0 Å². The topological polar surface area (TPSA) is 54.5 Å². The fourth-order valence-electron chi connectivity index (χ4n) is 3.35. The number of hydrogen-bond donors (Lipinski definition) is 1. The average Bonchev–Trinajstić information content (AvgIpc) is 2.54. The number of hydrogen-bond acceptors (Lipinski definition) is 3. The summed E-state index contributed by atoms with van der Waals surface area (Å²) in [5.41, 5.74) is 0.969. The van der Waals surface area contributed by atoms with Gasteiger partial charge in [0.15, 0.2) is 5.72 Å². The van der Waals surface area contributed by atoms with Crippen LogP contribution in [0.5, 0.6) is 5.75 Å². The molecule has 24 heavy (non-hydrogen) atoms. The van der Waals surface area contributed by atoms with Gasteiger partial charge >= 0.3 is 6.03 Å². The Morgan fingerprint density at radius 3 is 3.04 bits per heavy atom. The molecule has 2 aliphatic heterocycles. The van der Waals surface area contributed by atoms with Crippen LogP contribution in [-0.4, -0.2) is 21.6 Å². The maximum atomic E-state index is 12.6. The number of urea groups is 1. The molecule has 1 fully saturated rings. The maximum absolute atomic E-state index is 12.6. The van der Waals surface area contributed by atoms with Gasteiger partial charge in [0.25, 0.3) is 0 Å². The van der Waals surface area contributed by atoms with E-state index in [0.29, 0.717) is 28.8 Å². The quantitative estimate of drug-likeness (QED) is 0.871. The van der Waals surface area contributed by atoms with Crippen LogP contribution in [0.25, 0.3) is 0 Å². The number of ether oxygens (including phenoxy) is 1. The number of amides is 2. The Bertz CT molecular complexity index is 815. The molecule has 0 spiro atoms. The van der Waals surface area contributed by atoms with Gasteiger partial charge in [-0.05, 0) is 30.7 Å². The van der Waals surface area contributed by atoms with E-state index in [4.69, 9.17) is 27.9 Å². The number of rotatable bonds is 2. The third kappa shape index (κ3) is 2.48. The van der Waals surface area contributed by atoms with Gasteiger partial charge in [-0.1, -0.05) is 29.3 Å². The monoisotopic (exact) mass is 363 g/mol. The summed E-state index contributed by atoms with van der Waals surface area (Å²) < 4.78 is 6.19. The van der Waals surface area contributed by atoms with Crippen molar-refractivity contribution in [2.75, 3.05) is 0 Å². The third-order valence-corrected chi connectivity index (χ3v) is 4.99. The number of benzene rings is 1. The molecular weight excluding hydrogens is 349 g/mol. The molecule has 0 radical (unpaired) electrons. The fourth-order valence-corrected chi connectivity index (χ4v) is 3.89. The molecule has 2 bridgehead atoms. The van der Waals surface area contributed by atoms with Crippen molar-refractivity contribution in [3.63, 3.8) is 0 Å². The summed E-state index contributed by atoms with van der Waals surface area (Å²) in [6, 6.07) is 6.87. The minimum Gasteiger partial charge on any atom is -0.466 e. The molecule has 7 heteroatoms. The molecule has 1 aromatic carbocycles. The maximum Gasteiger partial charge on any atom is 0.321 e. The van der Waals surface area contributed by atoms with Crippen molar-refractivity contribution in [3.05, 3.63) is 57.8 Å². The second-order valence-electron chi connectivity index (χ2n) is 6.24. The van der Waals surface area contributed by atoms with Gasteiger partial charge < -0.3 is 10.1 Å². The Morgan fingerprint density at radius 1 is 1.46 bits per heavy atom. The number of carbonyl (C=O) groups is 1. The number of carbonyl (C=O) groups excluding carboxylic acids is 1. The first-order chi connectivity index (χ1) is 11.5. The summed E-state index contributed by atoms with van der Waals surface area (Å²) in [6.07, 6.45) is 4.06. The average molecular weight is 364 g/mol. The van der Waals surface area contributed by atoms with E-state index in [1.807, 2.05) is 19.1 Å². The Labute approximate surface area is 149 Å². The summed E-state index contributed by atoms with van der Waals surface area (Å²) in [7, 11) is 0. The summed E-state index contributed by atoms with van der Waals surface area (Å²) in [5.74, 6) is 0.580. The summed E-state index contributed by atoms with van der Waals surface area (Å²) in [6.45, 7) is 2.31. The molecule has 2 amide bonds. The zero-order valence-corrected chi connectivity index (χ0v) is 14.4. The van der Waals surface area contributed by atoms with Gasteiger partial charge in [-0.2, -0.15) is 0 Å². The summed E-state index contributed by atoms with van der Waals surface area (Å²) in [4.78, 5) is 18.4. The van der Waals surface area contributed by atoms with Crippen LogP contribution in [0.2, 0.25) is 10.0 Å². The minimum atomic E-state index is -0.784. The van der Waals surface area contributed by atoms with Gasteiger partial charge in [-0.3, -0.25) is 9.88 Å². The number of pyridine rings is 1.